The molecule has 0 atom stereocenters. The van der Waals surface area contributed by atoms with E-state index < -0.39 is 10.0 Å². The summed E-state index contributed by atoms with van der Waals surface area (Å²) in [7, 11) is -3.15. The van der Waals surface area contributed by atoms with Gasteiger partial charge in [0.15, 0.2) is 0 Å². The lowest BCUT2D eigenvalue weighted by Gasteiger charge is -2.30. The van der Waals surface area contributed by atoms with Crippen LogP contribution in [0.4, 0.5) is 5.95 Å². The molecule has 2 aromatic heterocycles. The Bertz CT molecular complexity index is 1250. The van der Waals surface area contributed by atoms with Crippen molar-refractivity contribution in [2.45, 2.75) is 32.4 Å². The van der Waals surface area contributed by atoms with E-state index >= 15 is 0 Å². The lowest BCUT2D eigenvalue weighted by Crippen LogP contribution is -2.42. The molecule has 5 rings (SSSR count). The van der Waals surface area contributed by atoms with Crippen molar-refractivity contribution in [2.75, 3.05) is 31.3 Å². The molecule has 0 amide bonds. The molecular weight excluding hydrogens is 428 g/mol. The highest BCUT2D eigenvalue weighted by molar-refractivity contribution is 7.88. The van der Waals surface area contributed by atoms with Gasteiger partial charge in [-0.1, -0.05) is 24.3 Å². The fourth-order valence-corrected chi connectivity index (χ4v) is 5.21. The topological polar surface area (TPSA) is 102 Å². The minimum Gasteiger partial charge on any atom is -0.463 e. The molecule has 3 aromatic rings. The second kappa shape index (κ2) is 8.18. The van der Waals surface area contributed by atoms with Crippen molar-refractivity contribution in [2.24, 2.45) is 0 Å². The van der Waals surface area contributed by atoms with E-state index in [4.69, 9.17) is 14.7 Å². The summed E-state index contributed by atoms with van der Waals surface area (Å²) in [6, 6.07) is 10.8. The maximum atomic E-state index is 11.8. The Hall–Kier alpha value is -2.98. The van der Waals surface area contributed by atoms with Crippen LogP contribution in [0.2, 0.25) is 0 Å². The molecule has 2 aliphatic heterocycles. The van der Waals surface area contributed by atoms with Gasteiger partial charge in [0.1, 0.15) is 12.3 Å². The van der Waals surface area contributed by atoms with Crippen molar-refractivity contribution in [3.8, 4) is 28.7 Å². The summed E-state index contributed by atoms with van der Waals surface area (Å²) in [4.78, 5) is 14.0. The molecular formula is C22H26N6O3S. The number of nitrogens with one attached hydrogen (secondary N) is 1. The number of aromatic nitrogens is 4. The largest absolute Gasteiger partial charge is 0.463 e. The van der Waals surface area contributed by atoms with Crippen LogP contribution in [-0.2, 0) is 16.6 Å². The summed E-state index contributed by atoms with van der Waals surface area (Å²) in [6.45, 7) is 4.39. The van der Waals surface area contributed by atoms with E-state index in [0.717, 1.165) is 34.8 Å². The van der Waals surface area contributed by atoms with E-state index in [1.54, 1.807) is 6.20 Å². The minimum absolute atomic E-state index is 0.124. The first-order valence-electron chi connectivity index (χ1n) is 10.7. The van der Waals surface area contributed by atoms with Gasteiger partial charge in [-0.05, 0) is 31.4 Å². The first-order valence-corrected chi connectivity index (χ1v) is 12.6. The number of imidazole rings is 1. The number of fused-ring (bicyclic) bond motifs is 1. The summed E-state index contributed by atoms with van der Waals surface area (Å²) in [5, 5.41) is 3.39. The maximum Gasteiger partial charge on any atom is 0.297 e. The summed E-state index contributed by atoms with van der Waals surface area (Å²) < 4.78 is 32.8. The molecule has 9 nitrogen and oxygen atoms in total. The van der Waals surface area contributed by atoms with Crippen LogP contribution in [0.5, 0.6) is 6.01 Å². The van der Waals surface area contributed by atoms with Gasteiger partial charge in [0, 0.05) is 30.9 Å². The van der Waals surface area contributed by atoms with Crippen molar-refractivity contribution in [3.63, 3.8) is 0 Å². The number of rotatable bonds is 5. The standard InChI is InChI=1S/C22H26N6O3S/c1-15-5-3-4-6-17(15)19-20(28-13-14-31-22(28)26-19)18-7-10-23-21(25-18)24-16-8-11-27(12-9-16)32(2,29)30/h3-7,10,16H,8-9,11-14H2,1-2H3,(H,23,24,25). The van der Waals surface area contributed by atoms with Crippen LogP contribution in [0.3, 0.4) is 0 Å². The van der Waals surface area contributed by atoms with E-state index in [9.17, 15) is 8.42 Å². The average molecular weight is 455 g/mol. The summed E-state index contributed by atoms with van der Waals surface area (Å²) >= 11 is 0. The third kappa shape index (κ3) is 3.95. The zero-order valence-corrected chi connectivity index (χ0v) is 19.0. The van der Waals surface area contributed by atoms with Crippen LogP contribution >= 0.6 is 0 Å². The first kappa shape index (κ1) is 20.9. The van der Waals surface area contributed by atoms with Gasteiger partial charge in [-0.2, -0.15) is 4.98 Å². The third-order valence-corrected chi connectivity index (χ3v) is 7.34. The molecule has 10 heteroatoms. The van der Waals surface area contributed by atoms with E-state index in [1.165, 1.54) is 10.6 Å². The second-order valence-corrected chi connectivity index (χ2v) is 10.2. The molecule has 0 unspecified atom stereocenters. The highest BCUT2D eigenvalue weighted by Gasteiger charge is 2.28. The number of hydrogen-bond donors (Lipinski definition) is 1. The lowest BCUT2D eigenvalue weighted by molar-refractivity contribution is 0.331. The molecule has 1 fully saturated rings. The Balaban J connectivity index is 1.44. The quantitative estimate of drug-likeness (QED) is 0.632. The number of aryl methyl sites for hydroxylation is 1. The van der Waals surface area contributed by atoms with Gasteiger partial charge in [-0.25, -0.2) is 22.7 Å². The number of nitrogens with zero attached hydrogens (tertiary/aromatic N) is 5. The van der Waals surface area contributed by atoms with Crippen molar-refractivity contribution >= 4 is 16.0 Å². The monoisotopic (exact) mass is 454 g/mol. The zero-order chi connectivity index (χ0) is 22.3. The van der Waals surface area contributed by atoms with E-state index in [1.807, 2.05) is 18.2 Å². The van der Waals surface area contributed by atoms with Gasteiger partial charge >= 0.3 is 0 Å². The van der Waals surface area contributed by atoms with Gasteiger partial charge in [-0.15, -0.1) is 0 Å². The number of hydrogen-bond acceptors (Lipinski definition) is 7. The van der Waals surface area contributed by atoms with Crippen molar-refractivity contribution in [1.29, 1.82) is 0 Å². The Morgan fingerprint density at radius 3 is 2.62 bits per heavy atom. The Morgan fingerprint density at radius 1 is 1.09 bits per heavy atom. The molecule has 1 N–H and O–H groups in total. The van der Waals surface area contributed by atoms with Crippen molar-refractivity contribution in [1.82, 2.24) is 23.8 Å². The minimum atomic E-state index is -3.15. The second-order valence-electron chi connectivity index (χ2n) is 8.25. The molecule has 168 valence electrons. The smallest absolute Gasteiger partial charge is 0.297 e. The average Bonchev–Trinajstić information content (AvgIpc) is 3.35. The van der Waals surface area contributed by atoms with Crippen LogP contribution < -0.4 is 10.1 Å². The van der Waals surface area contributed by atoms with Crippen LogP contribution in [0.15, 0.2) is 36.5 Å². The number of ether oxygens (including phenoxy) is 1. The molecule has 0 bridgehead atoms. The van der Waals surface area contributed by atoms with E-state index in [0.29, 0.717) is 44.5 Å². The van der Waals surface area contributed by atoms with Crippen LogP contribution in [0.25, 0.3) is 22.6 Å². The number of anilines is 1. The van der Waals surface area contributed by atoms with Crippen molar-refractivity contribution < 1.29 is 13.2 Å². The number of benzene rings is 1. The molecule has 0 radical (unpaired) electrons. The highest BCUT2D eigenvalue weighted by atomic mass is 32.2. The summed E-state index contributed by atoms with van der Waals surface area (Å²) in [5.74, 6) is 0.533. The molecule has 1 saturated heterocycles. The zero-order valence-electron chi connectivity index (χ0n) is 18.2. The molecule has 0 aliphatic carbocycles. The van der Waals surface area contributed by atoms with Gasteiger partial charge in [0.25, 0.3) is 6.01 Å². The lowest BCUT2D eigenvalue weighted by atomic mass is 10.0. The van der Waals surface area contributed by atoms with Gasteiger partial charge in [0.05, 0.1) is 24.2 Å². The van der Waals surface area contributed by atoms with Crippen LogP contribution in [-0.4, -0.2) is 64.2 Å². The van der Waals surface area contributed by atoms with Gasteiger partial charge < -0.3 is 10.1 Å². The van der Waals surface area contributed by atoms with Gasteiger partial charge in [0.2, 0.25) is 16.0 Å². The van der Waals surface area contributed by atoms with E-state index in [-0.39, 0.29) is 6.04 Å². The molecule has 4 heterocycles. The fourth-order valence-electron chi connectivity index (χ4n) is 4.34. The number of piperidine rings is 1. The van der Waals surface area contributed by atoms with Crippen LogP contribution in [0, 0.1) is 6.92 Å². The predicted octanol–water partition coefficient (Wildman–Crippen LogP) is 2.54. The molecule has 32 heavy (non-hydrogen) atoms. The molecule has 0 spiro atoms. The highest BCUT2D eigenvalue weighted by Crippen LogP contribution is 2.37. The van der Waals surface area contributed by atoms with Crippen molar-refractivity contribution in [3.05, 3.63) is 42.1 Å². The SMILES string of the molecule is Cc1ccccc1-c1nc2n(c1-c1ccnc(NC3CCN(S(C)(=O)=O)CC3)n1)CCO2. The third-order valence-electron chi connectivity index (χ3n) is 6.03. The van der Waals surface area contributed by atoms with Crippen LogP contribution in [0.1, 0.15) is 18.4 Å². The molecule has 0 saturated carbocycles. The Labute approximate surface area is 187 Å². The van der Waals surface area contributed by atoms with E-state index in [2.05, 4.69) is 33.9 Å². The molecule has 2 aliphatic rings. The molecule has 1 aromatic carbocycles. The Kier molecular flexibility index (Phi) is 5.34. The van der Waals surface area contributed by atoms with Gasteiger partial charge in [-0.3, -0.25) is 4.57 Å². The normalized spacial score (nSPS) is 17.2. The predicted molar refractivity (Wildman–Crippen MR) is 122 cm³/mol. The first-order chi connectivity index (χ1) is 15.4. The number of sulfonamides is 1. The summed E-state index contributed by atoms with van der Waals surface area (Å²) in [5.41, 5.74) is 4.73. The fraction of sp³-hybridized carbons (Fsp3) is 0.409. The maximum absolute atomic E-state index is 11.8. The summed E-state index contributed by atoms with van der Waals surface area (Å²) in [6.07, 6.45) is 4.43. The Morgan fingerprint density at radius 2 is 1.88 bits per heavy atom.